The second kappa shape index (κ2) is 4.26. The lowest BCUT2D eigenvalue weighted by atomic mass is 9.43. The van der Waals surface area contributed by atoms with Gasteiger partial charge in [-0.05, 0) is 47.5 Å². The van der Waals surface area contributed by atoms with Gasteiger partial charge < -0.3 is 0 Å². The first-order valence-corrected chi connectivity index (χ1v) is 7.32. The molecule has 1 aromatic carbocycles. The highest BCUT2D eigenvalue weighted by molar-refractivity contribution is 5.49. The van der Waals surface area contributed by atoms with E-state index in [4.69, 9.17) is 0 Å². The molecule has 3 aliphatic rings. The van der Waals surface area contributed by atoms with E-state index in [-0.39, 0.29) is 0 Å². The Labute approximate surface area is 111 Å². The summed E-state index contributed by atoms with van der Waals surface area (Å²) in [6.45, 7) is 7.40. The predicted molar refractivity (Wildman–Crippen MR) is 78.1 cm³/mol. The molecule has 18 heavy (non-hydrogen) atoms. The molecule has 96 valence electrons. The van der Waals surface area contributed by atoms with Crippen molar-refractivity contribution in [3.63, 3.8) is 0 Å². The molecule has 3 aliphatic carbocycles. The Morgan fingerprint density at radius 3 is 2.44 bits per heavy atom. The van der Waals surface area contributed by atoms with Crippen molar-refractivity contribution in [3.05, 3.63) is 42.0 Å². The fraction of sp³-hybridized carbons (Fsp3) is 0.556. The van der Waals surface area contributed by atoms with Crippen LogP contribution in [0.15, 0.2) is 36.4 Å². The van der Waals surface area contributed by atoms with Gasteiger partial charge in [-0.2, -0.15) is 0 Å². The summed E-state index contributed by atoms with van der Waals surface area (Å²) < 4.78 is 0. The molecule has 0 aliphatic heterocycles. The summed E-state index contributed by atoms with van der Waals surface area (Å²) in [5, 5.41) is 0. The van der Waals surface area contributed by atoms with Crippen LogP contribution >= 0.6 is 0 Å². The average Bonchev–Trinajstić information content (AvgIpc) is 2.38. The standard InChI is InChI=1S/C18H24/c1-13-15(10-9-14-7-5-4-6-8-14)11-16-12-17(13)18(16,2)3/h4-10,13,15-17H,11-12H2,1-3H3/b10-9+/t13-,15+,16+,17+/m0/s1. The minimum atomic E-state index is 0.608. The average molecular weight is 240 g/mol. The normalized spacial score (nSPS) is 37.5. The van der Waals surface area contributed by atoms with E-state index >= 15 is 0 Å². The molecule has 0 N–H and O–H groups in total. The maximum Gasteiger partial charge on any atom is -0.0199 e. The molecule has 0 nitrogen and oxygen atoms in total. The van der Waals surface area contributed by atoms with Gasteiger partial charge in [0.25, 0.3) is 0 Å². The molecular formula is C18H24. The molecule has 0 radical (unpaired) electrons. The van der Waals surface area contributed by atoms with Crippen LogP contribution in [0.5, 0.6) is 0 Å². The molecule has 3 fully saturated rings. The molecule has 0 heterocycles. The third kappa shape index (κ3) is 1.83. The lowest BCUT2D eigenvalue weighted by Crippen LogP contribution is -2.54. The minimum absolute atomic E-state index is 0.608. The van der Waals surface area contributed by atoms with E-state index in [1.54, 1.807) is 0 Å². The molecule has 0 heteroatoms. The van der Waals surface area contributed by atoms with E-state index in [1.807, 2.05) is 0 Å². The minimum Gasteiger partial charge on any atom is -0.0805 e. The third-order valence-electron chi connectivity index (χ3n) is 5.75. The Balaban J connectivity index is 1.71. The molecule has 0 unspecified atom stereocenters. The van der Waals surface area contributed by atoms with Gasteiger partial charge in [0.05, 0.1) is 0 Å². The summed E-state index contributed by atoms with van der Waals surface area (Å²) in [7, 11) is 0. The van der Waals surface area contributed by atoms with Crippen LogP contribution in [-0.2, 0) is 0 Å². The summed E-state index contributed by atoms with van der Waals surface area (Å²) in [6.07, 6.45) is 7.66. The van der Waals surface area contributed by atoms with E-state index in [0.29, 0.717) is 5.41 Å². The molecule has 2 bridgehead atoms. The van der Waals surface area contributed by atoms with E-state index in [2.05, 4.69) is 63.3 Å². The van der Waals surface area contributed by atoms with Crippen LogP contribution < -0.4 is 0 Å². The molecule has 1 aromatic rings. The fourth-order valence-electron chi connectivity index (χ4n) is 4.24. The van der Waals surface area contributed by atoms with E-state index < -0.39 is 0 Å². The van der Waals surface area contributed by atoms with Crippen molar-refractivity contribution in [2.24, 2.45) is 29.1 Å². The first-order chi connectivity index (χ1) is 8.59. The molecule has 0 aromatic heterocycles. The lowest BCUT2D eigenvalue weighted by Gasteiger charge is -2.61. The third-order valence-corrected chi connectivity index (χ3v) is 5.75. The Morgan fingerprint density at radius 1 is 1.11 bits per heavy atom. The van der Waals surface area contributed by atoms with Crippen LogP contribution in [0.2, 0.25) is 0 Å². The van der Waals surface area contributed by atoms with Gasteiger partial charge in [-0.1, -0.05) is 63.3 Å². The number of rotatable bonds is 2. The van der Waals surface area contributed by atoms with Crippen molar-refractivity contribution >= 4 is 6.08 Å². The van der Waals surface area contributed by atoms with Gasteiger partial charge in [-0.15, -0.1) is 0 Å². The molecule has 0 spiro atoms. The smallest absolute Gasteiger partial charge is 0.0199 e. The molecule has 4 rings (SSSR count). The first-order valence-electron chi connectivity index (χ1n) is 7.32. The summed E-state index contributed by atoms with van der Waals surface area (Å²) in [5.41, 5.74) is 1.94. The largest absolute Gasteiger partial charge is 0.0805 e. The van der Waals surface area contributed by atoms with Crippen LogP contribution in [0.1, 0.15) is 39.2 Å². The number of allylic oxidation sites excluding steroid dienone is 1. The van der Waals surface area contributed by atoms with Crippen molar-refractivity contribution in [3.8, 4) is 0 Å². The Bertz CT molecular complexity index is 440. The van der Waals surface area contributed by atoms with Gasteiger partial charge >= 0.3 is 0 Å². The Kier molecular flexibility index (Phi) is 2.84. The Hall–Kier alpha value is -1.04. The van der Waals surface area contributed by atoms with E-state index in [9.17, 15) is 0 Å². The highest BCUT2D eigenvalue weighted by Gasteiger charge is 2.55. The van der Waals surface area contributed by atoms with Crippen molar-refractivity contribution in [1.29, 1.82) is 0 Å². The second-order valence-corrected chi connectivity index (χ2v) is 6.89. The SMILES string of the molecule is C[C@H]1[C@H](/C=C/c2ccccc2)C[C@@H]2C[C@H]1C2(C)C. The zero-order valence-electron chi connectivity index (χ0n) is 11.8. The molecular weight excluding hydrogens is 216 g/mol. The zero-order chi connectivity index (χ0) is 12.8. The van der Waals surface area contributed by atoms with Crippen molar-refractivity contribution < 1.29 is 0 Å². The van der Waals surface area contributed by atoms with Crippen molar-refractivity contribution in [2.45, 2.75) is 33.6 Å². The number of benzene rings is 1. The summed E-state index contributed by atoms with van der Waals surface area (Å²) in [5.74, 6) is 3.55. The number of hydrogen-bond donors (Lipinski definition) is 0. The van der Waals surface area contributed by atoms with Crippen LogP contribution in [0.3, 0.4) is 0 Å². The van der Waals surface area contributed by atoms with Gasteiger partial charge in [0, 0.05) is 0 Å². The lowest BCUT2D eigenvalue weighted by molar-refractivity contribution is -0.118. The predicted octanol–water partition coefficient (Wildman–Crippen LogP) is 5.02. The van der Waals surface area contributed by atoms with Crippen molar-refractivity contribution in [1.82, 2.24) is 0 Å². The summed E-state index contributed by atoms with van der Waals surface area (Å²) in [6, 6.07) is 10.7. The molecule has 4 atom stereocenters. The topological polar surface area (TPSA) is 0 Å². The Morgan fingerprint density at radius 2 is 1.83 bits per heavy atom. The maximum absolute atomic E-state index is 2.47. The van der Waals surface area contributed by atoms with Gasteiger partial charge in [0.1, 0.15) is 0 Å². The van der Waals surface area contributed by atoms with Gasteiger partial charge in [-0.3, -0.25) is 0 Å². The maximum atomic E-state index is 2.47. The zero-order valence-corrected chi connectivity index (χ0v) is 11.8. The second-order valence-electron chi connectivity index (χ2n) is 6.89. The number of hydrogen-bond acceptors (Lipinski definition) is 0. The van der Waals surface area contributed by atoms with Gasteiger partial charge in [0.2, 0.25) is 0 Å². The molecule has 0 amide bonds. The van der Waals surface area contributed by atoms with Crippen LogP contribution in [0.4, 0.5) is 0 Å². The number of fused-ring (bicyclic) bond motifs is 2. The highest BCUT2D eigenvalue weighted by atomic mass is 14.6. The fourth-order valence-corrected chi connectivity index (χ4v) is 4.24. The van der Waals surface area contributed by atoms with Crippen LogP contribution in [0, 0.1) is 29.1 Å². The van der Waals surface area contributed by atoms with Crippen LogP contribution in [0.25, 0.3) is 6.08 Å². The highest BCUT2D eigenvalue weighted by Crippen LogP contribution is 2.63. The molecule has 3 saturated carbocycles. The monoisotopic (exact) mass is 240 g/mol. The van der Waals surface area contributed by atoms with Gasteiger partial charge in [0.15, 0.2) is 0 Å². The van der Waals surface area contributed by atoms with Crippen molar-refractivity contribution in [2.75, 3.05) is 0 Å². The van der Waals surface area contributed by atoms with E-state index in [0.717, 1.165) is 23.7 Å². The van der Waals surface area contributed by atoms with E-state index in [1.165, 1.54) is 18.4 Å². The molecule has 0 saturated heterocycles. The first kappa shape index (κ1) is 12.0. The summed E-state index contributed by atoms with van der Waals surface area (Å²) >= 11 is 0. The van der Waals surface area contributed by atoms with Gasteiger partial charge in [-0.25, -0.2) is 0 Å². The van der Waals surface area contributed by atoms with Crippen LogP contribution in [-0.4, -0.2) is 0 Å². The quantitative estimate of drug-likeness (QED) is 0.681. The summed E-state index contributed by atoms with van der Waals surface area (Å²) in [4.78, 5) is 0.